The van der Waals surface area contributed by atoms with Gasteiger partial charge in [0, 0.05) is 62.8 Å². The number of hydrogen-bond acceptors (Lipinski definition) is 1. The molecule has 2 aromatic heterocycles. The molecule has 10 aromatic rings. The number of benzene rings is 8. The Morgan fingerprint density at radius 2 is 0.963 bits per heavy atom. The van der Waals surface area contributed by atoms with E-state index in [1.807, 2.05) is 0 Å². The minimum absolute atomic E-state index is 0.0510. The summed E-state index contributed by atoms with van der Waals surface area (Å²) < 4.78 is 9.19. The summed E-state index contributed by atoms with van der Waals surface area (Å²) in [6, 6.07) is 69.4. The minimum Gasteiger partial charge on any atom is -0.548 e. The number of quaternary nitrogens is 1. The molecule has 0 amide bonds. The molecule has 0 saturated carbocycles. The van der Waals surface area contributed by atoms with Gasteiger partial charge in [-0.15, -0.1) is 0 Å². The quantitative estimate of drug-likeness (QED) is 0.185. The van der Waals surface area contributed by atoms with E-state index in [-0.39, 0.29) is 12.3 Å². The van der Waals surface area contributed by atoms with Crippen molar-refractivity contribution in [2.45, 2.75) is 12.3 Å². The molecule has 4 nitrogen and oxygen atoms in total. The smallest absolute Gasteiger partial charge is 0.143 e. The normalized spacial score (nSPS) is 17.0. The van der Waals surface area contributed by atoms with Crippen molar-refractivity contribution < 1.29 is 9.32 Å². The summed E-state index contributed by atoms with van der Waals surface area (Å²) in [5.74, 6) is 0. The Bertz CT molecular complexity index is 2920. The van der Waals surface area contributed by atoms with Crippen LogP contribution in [0.2, 0.25) is 0 Å². The van der Waals surface area contributed by atoms with Gasteiger partial charge in [-0.25, -0.2) is 0 Å². The highest BCUT2D eigenvalue weighted by Gasteiger charge is 2.35. The molecule has 0 bridgehead atoms. The van der Waals surface area contributed by atoms with Crippen molar-refractivity contribution in [3.8, 4) is 27.9 Å². The summed E-state index contributed by atoms with van der Waals surface area (Å²) in [5.41, 5.74) is 13.5. The number of fused-ring (bicyclic) bond motifs is 6. The van der Waals surface area contributed by atoms with Crippen LogP contribution in [-0.4, -0.2) is 4.57 Å². The molecule has 54 heavy (non-hydrogen) atoms. The summed E-state index contributed by atoms with van der Waals surface area (Å²) in [4.78, 5) is 1.35. The average Bonchev–Trinajstić information content (AvgIpc) is 3.78. The maximum Gasteiger partial charge on any atom is 0.143 e. The van der Waals surface area contributed by atoms with E-state index in [2.05, 4.69) is 199 Å². The van der Waals surface area contributed by atoms with Gasteiger partial charge in [0.15, 0.2) is 0 Å². The van der Waals surface area contributed by atoms with Crippen LogP contribution in [-0.2, 0) is 0 Å². The molecule has 2 atom stereocenters. The van der Waals surface area contributed by atoms with Crippen LogP contribution in [0.3, 0.4) is 0 Å². The Morgan fingerprint density at radius 3 is 1.61 bits per heavy atom. The van der Waals surface area contributed by atoms with Gasteiger partial charge >= 0.3 is 0 Å². The lowest BCUT2D eigenvalue weighted by Crippen LogP contribution is -3.13. The topological polar surface area (TPSA) is 36.6 Å². The van der Waals surface area contributed by atoms with Crippen molar-refractivity contribution in [2.24, 2.45) is 0 Å². The van der Waals surface area contributed by atoms with Crippen molar-refractivity contribution in [3.05, 3.63) is 211 Å². The first kappa shape index (κ1) is 30.9. The van der Waals surface area contributed by atoms with Gasteiger partial charge in [-0.2, -0.15) is 0 Å². The number of nitrogens with one attached hydrogen (secondary N) is 1. The van der Waals surface area contributed by atoms with Gasteiger partial charge in [-0.05, 0) is 52.6 Å². The van der Waals surface area contributed by atoms with Crippen LogP contribution in [0, 0.1) is 0 Å². The second kappa shape index (κ2) is 12.5. The second-order valence-electron chi connectivity index (χ2n) is 14.2. The standard InChI is InChI=1S/C50H34N3O/c1-4-14-33(15-5-1)39-21-12-23-42-43-24-13-22-40(48(43)54-47(39)42)36-26-31-46-44(32-36)41-20-10-11-25-45(41)52(46)37-27-29-38(30-28-37)53-49(34-16-6-2-7-17-34)51-50(53)35-18-8-3-9-19-35/h1-32,49-50H/q-1/p+1. The van der Waals surface area contributed by atoms with E-state index in [0.29, 0.717) is 0 Å². The van der Waals surface area contributed by atoms with E-state index in [0.717, 1.165) is 49.9 Å². The molecular weight excluding hydrogens is 659 g/mol. The molecule has 11 rings (SSSR count). The zero-order valence-corrected chi connectivity index (χ0v) is 29.4. The molecule has 256 valence electrons. The highest BCUT2D eigenvalue weighted by molar-refractivity contribution is 6.15. The van der Waals surface area contributed by atoms with Crippen molar-refractivity contribution in [2.75, 3.05) is 0 Å². The average molecular weight is 694 g/mol. The van der Waals surface area contributed by atoms with Gasteiger partial charge in [0.2, 0.25) is 0 Å². The summed E-state index contributed by atoms with van der Waals surface area (Å²) in [5, 5.41) is 9.91. The largest absolute Gasteiger partial charge is 0.548 e. The van der Waals surface area contributed by atoms with Crippen LogP contribution < -0.4 is 4.90 Å². The zero-order valence-electron chi connectivity index (χ0n) is 29.4. The van der Waals surface area contributed by atoms with Gasteiger partial charge in [-0.1, -0.05) is 152 Å². The Hall–Kier alpha value is -6.72. The van der Waals surface area contributed by atoms with Gasteiger partial charge < -0.3 is 19.2 Å². The fourth-order valence-corrected chi connectivity index (χ4v) is 8.61. The molecule has 8 aromatic carbocycles. The van der Waals surface area contributed by atoms with Crippen LogP contribution in [0.5, 0.6) is 0 Å². The highest BCUT2D eigenvalue weighted by Crippen LogP contribution is 2.42. The predicted molar refractivity (Wildman–Crippen MR) is 221 cm³/mol. The molecule has 1 aliphatic heterocycles. The van der Waals surface area contributed by atoms with Crippen LogP contribution in [0.4, 0.5) is 5.69 Å². The summed E-state index contributed by atoms with van der Waals surface area (Å²) in [7, 11) is 0. The number of hydrogen-bond donors (Lipinski definition) is 1. The van der Waals surface area contributed by atoms with E-state index in [4.69, 9.17) is 9.73 Å². The number of furan rings is 1. The van der Waals surface area contributed by atoms with Crippen LogP contribution in [0.25, 0.3) is 77.0 Å². The van der Waals surface area contributed by atoms with E-state index < -0.39 is 0 Å². The van der Waals surface area contributed by atoms with E-state index in [1.54, 1.807) is 0 Å². The Kier molecular flexibility index (Phi) is 7.12. The van der Waals surface area contributed by atoms with E-state index in [9.17, 15) is 0 Å². The van der Waals surface area contributed by atoms with Gasteiger partial charge in [0.1, 0.15) is 16.9 Å². The fourth-order valence-electron chi connectivity index (χ4n) is 8.61. The third-order valence-corrected chi connectivity index (χ3v) is 11.2. The fraction of sp³-hybridized carbons (Fsp3) is 0.0400. The van der Waals surface area contributed by atoms with Crippen LogP contribution in [0.1, 0.15) is 23.5 Å². The van der Waals surface area contributed by atoms with E-state index in [1.165, 1.54) is 43.5 Å². The molecule has 1 saturated heterocycles. The lowest BCUT2D eigenvalue weighted by molar-refractivity contribution is -0.927. The molecule has 4 heteroatoms. The maximum atomic E-state index is 6.80. The van der Waals surface area contributed by atoms with Gasteiger partial charge in [0.25, 0.3) is 0 Å². The summed E-state index contributed by atoms with van der Waals surface area (Å²) in [6.07, 6.45) is 0.102. The third-order valence-electron chi connectivity index (χ3n) is 11.2. The van der Waals surface area contributed by atoms with Gasteiger partial charge in [-0.3, -0.25) is 0 Å². The minimum atomic E-state index is 0.0510. The maximum absolute atomic E-state index is 6.80. The first-order valence-electron chi connectivity index (χ1n) is 18.6. The lowest BCUT2D eigenvalue weighted by atomic mass is 9.99. The van der Waals surface area contributed by atoms with Crippen molar-refractivity contribution in [3.63, 3.8) is 0 Å². The lowest BCUT2D eigenvalue weighted by Gasteiger charge is -2.58. The second-order valence-corrected chi connectivity index (χ2v) is 14.2. The number of para-hydroxylation sites is 3. The number of aromatic nitrogens is 1. The first-order chi connectivity index (χ1) is 26.8. The first-order valence-corrected chi connectivity index (χ1v) is 18.6. The Balaban J connectivity index is 1.01. The van der Waals surface area contributed by atoms with Crippen molar-refractivity contribution >= 4 is 49.4 Å². The monoisotopic (exact) mass is 693 g/mol. The SMILES string of the molecule is c1ccc(-c2cccc3c2oc2c(-c4ccc5c(c4)c4ccccc4n5-c4ccc([NH+]5C(c6ccccc6)[N-]C5c5ccccc5)cc4)cccc23)cc1. The van der Waals surface area contributed by atoms with Crippen molar-refractivity contribution in [1.82, 2.24) is 4.57 Å². The molecule has 0 spiro atoms. The molecule has 1 fully saturated rings. The van der Waals surface area contributed by atoms with E-state index >= 15 is 0 Å². The molecular formula is C50H35N3O. The highest BCUT2D eigenvalue weighted by atomic mass is 16.3. The van der Waals surface area contributed by atoms with Crippen LogP contribution >= 0.6 is 0 Å². The molecule has 0 radical (unpaired) electrons. The van der Waals surface area contributed by atoms with Gasteiger partial charge in [0.05, 0.1) is 11.0 Å². The Morgan fingerprint density at radius 1 is 0.426 bits per heavy atom. The third kappa shape index (κ3) is 4.85. The number of nitrogens with zero attached hydrogens (tertiary/aromatic N) is 2. The molecule has 1 N–H and O–H groups in total. The molecule has 0 aliphatic carbocycles. The Labute approximate surface area is 313 Å². The predicted octanol–water partition coefficient (Wildman–Crippen LogP) is 12.3. The molecule has 1 aliphatic rings. The molecule has 2 unspecified atom stereocenters. The molecule has 3 heterocycles. The number of rotatable bonds is 6. The zero-order chi connectivity index (χ0) is 35.6. The van der Waals surface area contributed by atoms with Crippen molar-refractivity contribution in [1.29, 1.82) is 0 Å². The summed E-state index contributed by atoms with van der Waals surface area (Å²) in [6.45, 7) is 0. The summed E-state index contributed by atoms with van der Waals surface area (Å²) >= 11 is 0. The van der Waals surface area contributed by atoms with Crippen LogP contribution in [0.15, 0.2) is 199 Å².